The first kappa shape index (κ1) is 14.5. The van der Waals surface area contributed by atoms with Crippen LogP contribution in [0.2, 0.25) is 0 Å². The van der Waals surface area contributed by atoms with E-state index < -0.39 is 0 Å². The number of hydrogen-bond acceptors (Lipinski definition) is 3. The van der Waals surface area contributed by atoms with Gasteiger partial charge in [-0.2, -0.15) is 5.26 Å². The maximum Gasteiger partial charge on any atom is 0.226 e. The Balaban J connectivity index is 1.89. The van der Waals surface area contributed by atoms with Crippen molar-refractivity contribution in [1.29, 1.82) is 5.26 Å². The van der Waals surface area contributed by atoms with Gasteiger partial charge in [0.15, 0.2) is 0 Å². The largest absolute Gasteiger partial charge is 0.326 e. The van der Waals surface area contributed by atoms with Crippen molar-refractivity contribution in [2.24, 2.45) is 5.73 Å². The lowest BCUT2D eigenvalue weighted by Crippen LogP contribution is -2.44. The van der Waals surface area contributed by atoms with Crippen LogP contribution in [0.5, 0.6) is 0 Å². The molecule has 2 rings (SSSR count). The number of rotatable bonds is 4. The van der Waals surface area contributed by atoms with E-state index in [-0.39, 0.29) is 11.4 Å². The lowest BCUT2D eigenvalue weighted by Gasteiger charge is -2.32. The molecule has 1 amide bonds. The Labute approximate surface area is 120 Å². The summed E-state index contributed by atoms with van der Waals surface area (Å²) in [7, 11) is 0. The monoisotopic (exact) mass is 271 g/mol. The van der Waals surface area contributed by atoms with E-state index in [0.29, 0.717) is 12.8 Å². The molecule has 0 aliphatic heterocycles. The van der Waals surface area contributed by atoms with E-state index in [1.807, 2.05) is 24.3 Å². The number of hydrogen-bond donors (Lipinski definition) is 2. The number of carbonyl (C=O) groups excluding carboxylic acids is 1. The molecule has 0 bridgehead atoms. The Bertz CT molecular complexity index is 495. The molecule has 1 aliphatic carbocycles. The van der Waals surface area contributed by atoms with E-state index in [0.717, 1.165) is 36.9 Å². The number of nitrogens with one attached hydrogen (secondary N) is 1. The van der Waals surface area contributed by atoms with Gasteiger partial charge in [-0.25, -0.2) is 0 Å². The van der Waals surface area contributed by atoms with Gasteiger partial charge in [0.1, 0.15) is 0 Å². The third-order valence-corrected chi connectivity index (χ3v) is 3.88. The highest BCUT2D eigenvalue weighted by Gasteiger charge is 2.29. The van der Waals surface area contributed by atoms with Crippen molar-refractivity contribution >= 4 is 11.6 Å². The summed E-state index contributed by atoms with van der Waals surface area (Å²) in [4.78, 5) is 12.1. The Kier molecular flexibility index (Phi) is 4.75. The van der Waals surface area contributed by atoms with Crippen molar-refractivity contribution in [3.05, 3.63) is 29.8 Å². The van der Waals surface area contributed by atoms with Crippen LogP contribution in [0.4, 0.5) is 5.69 Å². The zero-order chi connectivity index (χ0) is 14.4. The standard InChI is InChI=1S/C16H21N3O/c17-11-8-13-4-6-14(7-5-13)19-15(20)12-16(18)9-2-1-3-10-16/h4-7H,1-3,8-10,12,18H2,(H,19,20). The number of carbonyl (C=O) groups is 1. The molecule has 0 aromatic heterocycles. The second kappa shape index (κ2) is 6.53. The van der Waals surface area contributed by atoms with Crippen LogP contribution < -0.4 is 11.1 Å². The van der Waals surface area contributed by atoms with Gasteiger partial charge in [-0.3, -0.25) is 4.79 Å². The van der Waals surface area contributed by atoms with Crippen molar-refractivity contribution in [2.75, 3.05) is 5.32 Å². The fraction of sp³-hybridized carbons (Fsp3) is 0.500. The molecular weight excluding hydrogens is 250 g/mol. The predicted molar refractivity (Wildman–Crippen MR) is 79.0 cm³/mol. The number of amides is 1. The number of nitrogens with zero attached hydrogens (tertiary/aromatic N) is 1. The van der Waals surface area contributed by atoms with E-state index in [4.69, 9.17) is 11.0 Å². The smallest absolute Gasteiger partial charge is 0.226 e. The average molecular weight is 271 g/mol. The third-order valence-electron chi connectivity index (χ3n) is 3.88. The van der Waals surface area contributed by atoms with Crippen LogP contribution in [0.3, 0.4) is 0 Å². The Morgan fingerprint density at radius 2 is 1.90 bits per heavy atom. The summed E-state index contributed by atoms with van der Waals surface area (Å²) >= 11 is 0. The fourth-order valence-electron chi connectivity index (χ4n) is 2.75. The predicted octanol–water partition coefficient (Wildman–Crippen LogP) is 2.74. The second-order valence-electron chi connectivity index (χ2n) is 5.68. The number of anilines is 1. The SMILES string of the molecule is N#CCc1ccc(NC(=O)CC2(N)CCCCC2)cc1. The molecule has 0 atom stereocenters. The molecule has 0 heterocycles. The Morgan fingerprint density at radius 3 is 2.50 bits per heavy atom. The van der Waals surface area contributed by atoms with Gasteiger partial charge in [-0.15, -0.1) is 0 Å². The van der Waals surface area contributed by atoms with Crippen LogP contribution in [-0.4, -0.2) is 11.4 Å². The Morgan fingerprint density at radius 1 is 1.25 bits per heavy atom. The van der Waals surface area contributed by atoms with Crippen molar-refractivity contribution in [3.8, 4) is 6.07 Å². The molecule has 1 saturated carbocycles. The van der Waals surface area contributed by atoms with Crippen molar-refractivity contribution in [1.82, 2.24) is 0 Å². The van der Waals surface area contributed by atoms with Crippen molar-refractivity contribution < 1.29 is 4.79 Å². The highest BCUT2D eigenvalue weighted by Crippen LogP contribution is 2.28. The summed E-state index contributed by atoms with van der Waals surface area (Å²) in [5, 5.41) is 11.5. The quantitative estimate of drug-likeness (QED) is 0.883. The summed E-state index contributed by atoms with van der Waals surface area (Å²) in [6, 6.07) is 9.47. The minimum atomic E-state index is -0.330. The topological polar surface area (TPSA) is 78.9 Å². The number of nitriles is 1. The molecule has 0 saturated heterocycles. The van der Waals surface area contributed by atoms with Gasteiger partial charge in [0, 0.05) is 17.6 Å². The van der Waals surface area contributed by atoms with Gasteiger partial charge in [0.2, 0.25) is 5.91 Å². The zero-order valence-electron chi connectivity index (χ0n) is 11.7. The van der Waals surface area contributed by atoms with E-state index in [9.17, 15) is 4.79 Å². The highest BCUT2D eigenvalue weighted by atomic mass is 16.1. The van der Waals surface area contributed by atoms with Gasteiger partial charge in [-0.1, -0.05) is 31.4 Å². The maximum absolute atomic E-state index is 12.1. The van der Waals surface area contributed by atoms with E-state index in [1.165, 1.54) is 6.42 Å². The van der Waals surface area contributed by atoms with E-state index in [2.05, 4.69) is 11.4 Å². The van der Waals surface area contributed by atoms with Crippen LogP contribution in [0.25, 0.3) is 0 Å². The van der Waals surface area contributed by atoms with Gasteiger partial charge < -0.3 is 11.1 Å². The number of benzene rings is 1. The van der Waals surface area contributed by atoms with Crippen LogP contribution >= 0.6 is 0 Å². The first-order valence-electron chi connectivity index (χ1n) is 7.16. The van der Waals surface area contributed by atoms with E-state index >= 15 is 0 Å². The molecule has 0 unspecified atom stereocenters. The molecule has 1 fully saturated rings. The summed E-state index contributed by atoms with van der Waals surface area (Å²) in [5.74, 6) is -0.0255. The van der Waals surface area contributed by atoms with Crippen LogP contribution in [0.1, 0.15) is 44.1 Å². The van der Waals surface area contributed by atoms with Gasteiger partial charge in [-0.05, 0) is 30.5 Å². The lowest BCUT2D eigenvalue weighted by molar-refractivity contribution is -0.117. The fourth-order valence-corrected chi connectivity index (χ4v) is 2.75. The minimum Gasteiger partial charge on any atom is -0.326 e. The molecule has 106 valence electrons. The van der Waals surface area contributed by atoms with Crippen LogP contribution in [-0.2, 0) is 11.2 Å². The molecule has 1 aromatic rings. The second-order valence-corrected chi connectivity index (χ2v) is 5.68. The molecule has 0 spiro atoms. The first-order chi connectivity index (χ1) is 9.61. The molecule has 3 N–H and O–H groups in total. The molecule has 20 heavy (non-hydrogen) atoms. The molecular formula is C16H21N3O. The van der Waals surface area contributed by atoms with Crippen molar-refractivity contribution in [3.63, 3.8) is 0 Å². The molecule has 4 heteroatoms. The number of nitrogens with two attached hydrogens (primary N) is 1. The lowest BCUT2D eigenvalue weighted by atomic mass is 9.80. The zero-order valence-corrected chi connectivity index (χ0v) is 11.7. The summed E-state index contributed by atoms with van der Waals surface area (Å²) in [5.41, 5.74) is 7.66. The first-order valence-corrected chi connectivity index (χ1v) is 7.16. The normalized spacial score (nSPS) is 17.2. The van der Waals surface area contributed by atoms with Crippen molar-refractivity contribution in [2.45, 2.75) is 50.5 Å². The van der Waals surface area contributed by atoms with Crippen LogP contribution in [0.15, 0.2) is 24.3 Å². The summed E-state index contributed by atoms with van der Waals surface area (Å²) < 4.78 is 0. The van der Waals surface area contributed by atoms with E-state index in [1.54, 1.807) is 0 Å². The van der Waals surface area contributed by atoms with Gasteiger partial charge in [0.25, 0.3) is 0 Å². The Hall–Kier alpha value is -1.86. The minimum absolute atomic E-state index is 0.0255. The maximum atomic E-state index is 12.1. The molecule has 4 nitrogen and oxygen atoms in total. The van der Waals surface area contributed by atoms with Crippen LogP contribution in [0, 0.1) is 11.3 Å². The summed E-state index contributed by atoms with van der Waals surface area (Å²) in [6.07, 6.45) is 6.09. The van der Waals surface area contributed by atoms with Gasteiger partial charge >= 0.3 is 0 Å². The van der Waals surface area contributed by atoms with Gasteiger partial charge in [0.05, 0.1) is 12.5 Å². The summed E-state index contributed by atoms with van der Waals surface area (Å²) in [6.45, 7) is 0. The molecule has 1 aliphatic rings. The molecule has 1 aromatic carbocycles. The highest BCUT2D eigenvalue weighted by molar-refractivity contribution is 5.91. The molecule has 0 radical (unpaired) electrons. The average Bonchev–Trinajstić information content (AvgIpc) is 2.41. The third kappa shape index (κ3) is 4.07.